The number of fused-ring (bicyclic) bond motifs is 21. The van der Waals surface area contributed by atoms with Crippen LogP contribution in [-0.4, -0.2) is 75.6 Å². The largest absolute Gasteiger partial charge is 0.288 e. The van der Waals surface area contributed by atoms with Gasteiger partial charge in [0.1, 0.15) is 44.7 Å². The highest BCUT2D eigenvalue weighted by Crippen LogP contribution is 2.54. The van der Waals surface area contributed by atoms with Crippen LogP contribution in [0.3, 0.4) is 0 Å². The van der Waals surface area contributed by atoms with Crippen molar-refractivity contribution < 1.29 is 36.7 Å². The van der Waals surface area contributed by atoms with Gasteiger partial charge in [-0.15, -0.1) is 170 Å². The van der Waals surface area contributed by atoms with Crippen LogP contribution in [0.5, 0.6) is 0 Å². The van der Waals surface area contributed by atoms with Crippen LogP contribution >= 0.6 is 205 Å². The molecule has 2 aliphatic rings. The van der Waals surface area contributed by atoms with Crippen molar-refractivity contribution in [2.24, 2.45) is 7.05 Å². The molecule has 0 spiro atoms. The normalized spacial score (nSPS) is 12.1. The molecule has 0 atom stereocenters. The summed E-state index contributed by atoms with van der Waals surface area (Å²) in [4.78, 5) is 86.9. The maximum absolute atomic E-state index is 14.8. The molecule has 2 aliphatic carbocycles. The van der Waals surface area contributed by atoms with E-state index in [4.69, 9.17) is 19.9 Å². The first-order chi connectivity index (χ1) is 72.2. The summed E-state index contributed by atoms with van der Waals surface area (Å²) >= 11 is 28.8. The summed E-state index contributed by atoms with van der Waals surface area (Å²) < 4.78 is 80.1. The molecule has 0 aliphatic heterocycles. The Morgan fingerprint density at radius 1 is 0.273 bits per heavy atom. The smallest absolute Gasteiger partial charge is 0.197 e. The van der Waals surface area contributed by atoms with Crippen LogP contribution in [0.2, 0.25) is 0 Å². The predicted molar refractivity (Wildman–Crippen MR) is 638 cm³/mol. The van der Waals surface area contributed by atoms with Crippen molar-refractivity contribution in [2.45, 2.75) is 111 Å². The van der Waals surface area contributed by atoms with E-state index in [9.17, 15) is 36.7 Å². The van der Waals surface area contributed by atoms with Gasteiger partial charge in [-0.3, -0.25) is 19.2 Å². The molecule has 0 saturated heterocycles. The van der Waals surface area contributed by atoms with E-state index in [-0.39, 0.29) is 45.9 Å². The third kappa shape index (κ3) is 18.8. The van der Waals surface area contributed by atoms with Crippen LogP contribution in [0.1, 0.15) is 150 Å². The summed E-state index contributed by atoms with van der Waals surface area (Å²) in [7, 11) is 1.72. The Labute approximate surface area is 928 Å². The summed E-state index contributed by atoms with van der Waals surface area (Å²) in [6.07, 6.45) is 0. The van der Waals surface area contributed by atoms with Gasteiger partial charge in [0.15, 0.2) is 34.8 Å². The molecule has 29 rings (SSSR count). The molecule has 6 aromatic carbocycles. The monoisotopic (exact) mass is 2310 g/mol. The van der Waals surface area contributed by atoms with E-state index in [2.05, 4.69) is 185 Å². The molecular weight excluding hydrogens is 2230 g/mol. The van der Waals surface area contributed by atoms with Gasteiger partial charge in [0.2, 0.25) is 0 Å². The van der Waals surface area contributed by atoms with E-state index in [1.54, 1.807) is 134 Å². The van der Waals surface area contributed by atoms with E-state index in [1.807, 2.05) is 124 Å². The summed E-state index contributed by atoms with van der Waals surface area (Å²) in [5.41, 5.74) is 25.5. The Morgan fingerprint density at radius 2 is 0.620 bits per heavy atom. The number of carbonyl (C=O) groups is 4. The van der Waals surface area contributed by atoms with Gasteiger partial charge in [-0.2, -0.15) is 43.8 Å². The van der Waals surface area contributed by atoms with Crippen LogP contribution in [0.4, 0.5) is 17.6 Å². The van der Waals surface area contributed by atoms with Crippen LogP contribution in [-0.2, 0) is 7.05 Å². The average Bonchev–Trinajstić information content (AvgIpc) is 1.55. The molecule has 0 amide bonds. The van der Waals surface area contributed by atoms with Crippen molar-refractivity contribution in [1.82, 2.24) is 52.4 Å². The average molecular weight is 2310 g/mol. The highest BCUT2D eigenvalue weighted by atomic mass is 32.2. The molecule has 37 heteroatoms. The number of aryl methyl sites for hydroxylation is 17. The number of nitrogens with zero attached hydrogens (tertiary/aromatic N) is 11. The summed E-state index contributed by atoms with van der Waals surface area (Å²) in [6, 6.07) is 36.1. The zero-order valence-electron chi connectivity index (χ0n) is 82.7. The van der Waals surface area contributed by atoms with E-state index < -0.39 is 11.6 Å². The van der Waals surface area contributed by atoms with Crippen LogP contribution in [0.25, 0.3) is 176 Å². The number of carbonyl (C=O) groups excluding carboxylic acids is 4. The molecule has 0 unspecified atom stereocenters. The maximum Gasteiger partial charge on any atom is 0.197 e. The first kappa shape index (κ1) is 103. The number of hydrogen-bond donors (Lipinski definition) is 0. The van der Waals surface area contributed by atoms with Gasteiger partial charge >= 0.3 is 0 Å². The molecule has 0 N–H and O–H groups in total. The maximum atomic E-state index is 14.8. The van der Waals surface area contributed by atoms with Crippen molar-refractivity contribution in [1.29, 1.82) is 0 Å². The predicted octanol–water partition coefficient (Wildman–Crippen LogP) is 37.6. The molecular formula is C113H81F4N11O4S18. The molecule has 0 bridgehead atoms. The molecule has 21 heterocycles. The number of thiophene rings is 16. The Balaban J connectivity index is 0.0000000988. The Kier molecular flexibility index (Phi) is 28.5. The standard InChI is InChI=1S/C22H14N2S4.C22H16O2S4.C16H10F2N2S3.C14H10N2S2.C12H8O2S2.C12H10S2.C8H8FN3.C7H5FN2S/c1-11-12(2)24-20-14-10-18(16-6-4-8-26-16)28-22(14)21-13(19(20)23-11)9-17(27-21)15-5-3-7-25-15;1-9-5-13(25-7-9)21-17-18(22(28-21)14-6-10(2)8-26-14)20(24)16-12(4)27-11(3)15(16)19(17)23;1-7-3-9(21-5-7)11-13(17)14(18)12(10-4-8(2)6-22-10)16-15(11)19-23-20-16;1-7-8(2)16-12-10-4-6-18-14(10)13-9(3-5-17-13)11(12)15-7;1-5-9-10(6(2)16-5)12(14)8-4-15-3-7(8)11(9)13;1-7-9-3-5-14-12(9)8(2)10-4-6-13-11(7)10;1-5-3-7-8(4-6(5)9)11-12(2)10-7;1-4-2-6-7(3-5(4)8)10-11-9-6/h3-10H,1-2H3;5-8H,1-4H3;3-6H,1-2H3;3-6H,1-2H3;3-4H,1-2H3;3-6H,1-2H3;3-4H,1-2H3;2-3H,1H3. The zero-order chi connectivity index (χ0) is 105. The van der Waals surface area contributed by atoms with Gasteiger partial charge < -0.3 is 0 Å². The molecule has 27 aromatic rings. The lowest BCUT2D eigenvalue weighted by molar-refractivity contribution is 0.0980. The molecule has 15 nitrogen and oxygen atoms in total. The Morgan fingerprint density at radius 3 is 1.01 bits per heavy atom. The lowest BCUT2D eigenvalue weighted by atomic mass is 9.84. The minimum atomic E-state index is -0.854. The minimum Gasteiger partial charge on any atom is -0.288 e. The minimum absolute atomic E-state index is 0.00304. The molecule has 748 valence electrons. The summed E-state index contributed by atoms with van der Waals surface area (Å²) in [6.45, 7) is 31.7. The molecule has 150 heavy (non-hydrogen) atoms. The topological polar surface area (TPSA) is 202 Å². The Hall–Kier alpha value is -11.8. The highest BCUT2D eigenvalue weighted by Gasteiger charge is 2.41. The first-order valence-electron chi connectivity index (χ1n) is 46.6. The lowest BCUT2D eigenvalue weighted by Crippen LogP contribution is -2.20. The highest BCUT2D eigenvalue weighted by molar-refractivity contribution is 7.33. The van der Waals surface area contributed by atoms with Crippen LogP contribution < -0.4 is 0 Å². The second-order valence-electron chi connectivity index (χ2n) is 36.1. The second-order valence-corrected chi connectivity index (χ2v) is 53.1. The second kappa shape index (κ2) is 41.6. The Bertz CT molecular complexity index is 9500. The SMILES string of the molecule is Cc1c2ccsc2c(C)c2ccsc12.Cc1cc2nn(C)nc2cc1F.Cc1cc2nsnc2cc1F.Cc1csc(-c2c(F)c(F)c(-c3cc(C)cs3)c3nsnc23)c1.Cc1csc(-c2sc(-c3cc(C)cs3)c3c2C(=O)c2c(C)sc(C)c2C3=O)c1.Cc1nc2c3cc(-c4cccs4)sc3c3sc(-c4cccs4)cc3c2nc1C.Cc1nc2c3ccsc3c3sccc3c2nc1C.Cc1sc(C)c2c1C(=O)c1cscc1C2=O. The van der Waals surface area contributed by atoms with Gasteiger partial charge in [-0.25, -0.2) is 37.5 Å². The van der Waals surface area contributed by atoms with E-state index in [0.717, 1.165) is 129 Å². The van der Waals surface area contributed by atoms with E-state index in [0.29, 0.717) is 87.5 Å². The number of aromatic nitrogens is 11. The number of rotatable bonds is 6. The van der Waals surface area contributed by atoms with E-state index >= 15 is 0 Å². The molecule has 0 radical (unpaired) electrons. The molecule has 0 saturated carbocycles. The third-order valence-electron chi connectivity index (χ3n) is 25.9. The number of ketones is 4. The summed E-state index contributed by atoms with van der Waals surface area (Å²) in [5, 5.41) is 40.3. The fourth-order valence-corrected chi connectivity index (χ4v) is 35.7. The van der Waals surface area contributed by atoms with Crippen molar-refractivity contribution in [2.75, 3.05) is 0 Å². The number of halogens is 4. The van der Waals surface area contributed by atoms with E-state index in [1.165, 1.54) is 165 Å². The zero-order valence-corrected chi connectivity index (χ0v) is 97.4. The van der Waals surface area contributed by atoms with Gasteiger partial charge in [0.05, 0.1) is 119 Å². The summed E-state index contributed by atoms with van der Waals surface area (Å²) in [5.74, 6) is -2.14. The fraction of sp³-hybridized carbons (Fsp3) is 0.150. The number of benzene rings is 6. The van der Waals surface area contributed by atoms with Crippen molar-refractivity contribution in [3.63, 3.8) is 0 Å². The quantitative estimate of drug-likeness (QED) is 0.142. The first-order valence-corrected chi connectivity index (χ1v) is 61.9. The van der Waals surface area contributed by atoms with Crippen molar-refractivity contribution >= 4 is 344 Å². The van der Waals surface area contributed by atoms with Crippen molar-refractivity contribution in [3.05, 3.63) is 328 Å². The van der Waals surface area contributed by atoms with Crippen LogP contribution in [0.15, 0.2) is 174 Å². The number of hydrogen-bond acceptors (Lipinski definition) is 32. The van der Waals surface area contributed by atoms with Gasteiger partial charge in [0.25, 0.3) is 0 Å². The van der Waals surface area contributed by atoms with Gasteiger partial charge in [0, 0.05) is 153 Å². The third-order valence-corrected chi connectivity index (χ3v) is 44.2. The lowest BCUT2D eigenvalue weighted by Gasteiger charge is -2.15. The van der Waals surface area contributed by atoms with Gasteiger partial charge in [-0.05, 0) is 305 Å². The van der Waals surface area contributed by atoms with Crippen molar-refractivity contribution in [3.8, 4) is 59.9 Å². The fourth-order valence-electron chi connectivity index (χ4n) is 18.4. The van der Waals surface area contributed by atoms with Crippen LogP contribution in [0, 0.1) is 134 Å². The molecule has 0 fully saturated rings. The molecule has 21 aromatic heterocycles. The van der Waals surface area contributed by atoms with Gasteiger partial charge in [-0.1, -0.05) is 12.1 Å².